The third kappa shape index (κ3) is 2.12. The van der Waals surface area contributed by atoms with Crippen LogP contribution in [-0.2, 0) is 4.57 Å². The fraction of sp³-hybridized carbons (Fsp3) is 0. The lowest BCUT2D eigenvalue weighted by Gasteiger charge is -2.05. The van der Waals surface area contributed by atoms with Gasteiger partial charge in [0.15, 0.2) is 0 Å². The van der Waals surface area contributed by atoms with Crippen molar-refractivity contribution in [3.05, 3.63) is 36.9 Å². The van der Waals surface area contributed by atoms with Crippen molar-refractivity contribution in [1.82, 2.24) is 14.8 Å². The fourth-order valence-electron chi connectivity index (χ4n) is 1.15. The monoisotopic (exact) mass is 225 g/mol. The SMILES string of the molecule is O=P(O)(O)c1ccc(-n2cnnc2)cc1. The molecule has 1 aromatic heterocycles. The molecule has 2 rings (SSSR count). The summed E-state index contributed by atoms with van der Waals surface area (Å²) in [5.41, 5.74) is 0.747. The van der Waals surface area contributed by atoms with Gasteiger partial charge in [0, 0.05) is 5.69 Å². The summed E-state index contributed by atoms with van der Waals surface area (Å²) in [4.78, 5) is 17.8. The zero-order valence-corrected chi connectivity index (χ0v) is 8.45. The first-order valence-electron chi connectivity index (χ1n) is 4.08. The molecule has 0 saturated carbocycles. The summed E-state index contributed by atoms with van der Waals surface area (Å²) in [6.07, 6.45) is 3.01. The molecule has 6 nitrogen and oxygen atoms in total. The normalized spacial score (nSPS) is 11.6. The highest BCUT2D eigenvalue weighted by Crippen LogP contribution is 2.32. The number of nitrogens with zero attached hydrogens (tertiary/aromatic N) is 3. The Morgan fingerprint density at radius 1 is 1.07 bits per heavy atom. The van der Waals surface area contributed by atoms with Crippen LogP contribution in [-0.4, -0.2) is 24.6 Å². The van der Waals surface area contributed by atoms with Crippen LogP contribution in [0.1, 0.15) is 0 Å². The van der Waals surface area contributed by atoms with E-state index < -0.39 is 7.60 Å². The molecule has 0 unspecified atom stereocenters. The summed E-state index contributed by atoms with van der Waals surface area (Å²) in [5.74, 6) is 0. The molecule has 2 aromatic rings. The molecule has 0 saturated heterocycles. The van der Waals surface area contributed by atoms with E-state index >= 15 is 0 Å². The van der Waals surface area contributed by atoms with Gasteiger partial charge in [-0.3, -0.25) is 9.13 Å². The predicted octanol–water partition coefficient (Wildman–Crippen LogP) is 0.0703. The molecule has 2 N–H and O–H groups in total. The van der Waals surface area contributed by atoms with Gasteiger partial charge in [0.1, 0.15) is 12.7 Å². The zero-order valence-electron chi connectivity index (χ0n) is 7.56. The minimum Gasteiger partial charge on any atom is -0.321 e. The summed E-state index contributed by atoms with van der Waals surface area (Å²) in [7, 11) is -4.16. The second-order valence-corrected chi connectivity index (χ2v) is 4.53. The molecule has 0 amide bonds. The van der Waals surface area contributed by atoms with Crippen LogP contribution < -0.4 is 5.30 Å². The Labute approximate surface area is 85.4 Å². The number of aromatic nitrogens is 3. The molecule has 0 aliphatic carbocycles. The first kappa shape index (κ1) is 10.0. The van der Waals surface area contributed by atoms with Crippen LogP contribution in [0.2, 0.25) is 0 Å². The van der Waals surface area contributed by atoms with Crippen molar-refractivity contribution in [3.63, 3.8) is 0 Å². The van der Waals surface area contributed by atoms with E-state index in [1.54, 1.807) is 16.7 Å². The second-order valence-electron chi connectivity index (χ2n) is 2.93. The lowest BCUT2D eigenvalue weighted by atomic mass is 10.3. The maximum atomic E-state index is 10.9. The second kappa shape index (κ2) is 3.58. The quantitative estimate of drug-likeness (QED) is 0.706. The van der Waals surface area contributed by atoms with Crippen LogP contribution in [0.15, 0.2) is 36.9 Å². The van der Waals surface area contributed by atoms with E-state index in [1.165, 1.54) is 24.8 Å². The highest BCUT2D eigenvalue weighted by atomic mass is 31.2. The van der Waals surface area contributed by atoms with Crippen LogP contribution in [0.3, 0.4) is 0 Å². The molecule has 0 aliphatic heterocycles. The van der Waals surface area contributed by atoms with Crippen molar-refractivity contribution in [2.24, 2.45) is 0 Å². The highest BCUT2D eigenvalue weighted by molar-refractivity contribution is 7.60. The lowest BCUT2D eigenvalue weighted by molar-refractivity contribution is 0.387. The van der Waals surface area contributed by atoms with Crippen molar-refractivity contribution < 1.29 is 14.4 Å². The summed E-state index contributed by atoms with van der Waals surface area (Å²) < 4.78 is 12.5. The van der Waals surface area contributed by atoms with Crippen LogP contribution >= 0.6 is 7.60 Å². The summed E-state index contributed by atoms with van der Waals surface area (Å²) in [6.45, 7) is 0. The molecular formula is C8H8N3O3P. The van der Waals surface area contributed by atoms with Crippen LogP contribution in [0.5, 0.6) is 0 Å². The molecule has 15 heavy (non-hydrogen) atoms. The largest absolute Gasteiger partial charge is 0.356 e. The zero-order chi connectivity index (χ0) is 10.9. The minimum absolute atomic E-state index is 0.000625. The molecule has 7 heteroatoms. The third-order valence-corrected chi connectivity index (χ3v) is 2.87. The maximum absolute atomic E-state index is 10.9. The van der Waals surface area contributed by atoms with Crippen LogP contribution in [0, 0.1) is 0 Å². The molecule has 0 atom stereocenters. The van der Waals surface area contributed by atoms with Crippen LogP contribution in [0.4, 0.5) is 0 Å². The molecule has 0 spiro atoms. The van der Waals surface area contributed by atoms with E-state index in [4.69, 9.17) is 9.79 Å². The molecule has 0 fully saturated rings. The third-order valence-electron chi connectivity index (χ3n) is 1.90. The van der Waals surface area contributed by atoms with E-state index in [0.29, 0.717) is 0 Å². The topological polar surface area (TPSA) is 88.2 Å². The van der Waals surface area contributed by atoms with Crippen molar-refractivity contribution in [2.45, 2.75) is 0 Å². The Balaban J connectivity index is 2.37. The van der Waals surface area contributed by atoms with E-state index in [2.05, 4.69) is 10.2 Å². The van der Waals surface area contributed by atoms with Gasteiger partial charge in [-0.25, -0.2) is 0 Å². The smallest absolute Gasteiger partial charge is 0.321 e. The van der Waals surface area contributed by atoms with Gasteiger partial charge in [-0.1, -0.05) is 0 Å². The molecule has 78 valence electrons. The molecule has 0 radical (unpaired) electrons. The summed E-state index contributed by atoms with van der Waals surface area (Å²) >= 11 is 0. The van der Waals surface area contributed by atoms with Gasteiger partial charge < -0.3 is 9.79 Å². The minimum atomic E-state index is -4.16. The molecule has 1 aromatic carbocycles. The molecule has 0 bridgehead atoms. The van der Waals surface area contributed by atoms with Gasteiger partial charge in [-0.15, -0.1) is 10.2 Å². The Hall–Kier alpha value is -1.49. The van der Waals surface area contributed by atoms with Crippen molar-refractivity contribution in [2.75, 3.05) is 0 Å². The van der Waals surface area contributed by atoms with E-state index in [-0.39, 0.29) is 5.30 Å². The average molecular weight is 225 g/mol. The molecule has 0 aliphatic rings. The Morgan fingerprint density at radius 2 is 1.60 bits per heavy atom. The van der Waals surface area contributed by atoms with Gasteiger partial charge >= 0.3 is 7.60 Å². The van der Waals surface area contributed by atoms with Gasteiger partial charge in [0.2, 0.25) is 0 Å². The van der Waals surface area contributed by atoms with E-state index in [0.717, 1.165) is 5.69 Å². The summed E-state index contributed by atoms with van der Waals surface area (Å²) in [5, 5.41) is 7.26. The fourth-order valence-corrected chi connectivity index (χ4v) is 1.69. The van der Waals surface area contributed by atoms with Gasteiger partial charge in [-0.05, 0) is 24.3 Å². The average Bonchev–Trinajstić information content (AvgIpc) is 2.69. The van der Waals surface area contributed by atoms with Gasteiger partial charge in [0.05, 0.1) is 5.30 Å². The summed E-state index contributed by atoms with van der Waals surface area (Å²) in [6, 6.07) is 5.96. The standard InChI is InChI=1S/C8H8N3O3P/c12-15(13,14)8-3-1-7(2-4-8)11-5-9-10-6-11/h1-6H,(H2,12,13,14). The first-order valence-corrected chi connectivity index (χ1v) is 5.70. The van der Waals surface area contributed by atoms with Crippen molar-refractivity contribution in [3.8, 4) is 5.69 Å². The Kier molecular flexibility index (Phi) is 2.40. The van der Waals surface area contributed by atoms with Gasteiger partial charge in [-0.2, -0.15) is 0 Å². The number of hydrogen-bond acceptors (Lipinski definition) is 3. The Bertz CT molecular complexity index is 488. The first-order chi connectivity index (χ1) is 7.07. The maximum Gasteiger partial charge on any atom is 0.356 e. The molecule has 1 heterocycles. The van der Waals surface area contributed by atoms with Crippen molar-refractivity contribution >= 4 is 12.9 Å². The Morgan fingerprint density at radius 3 is 2.07 bits per heavy atom. The van der Waals surface area contributed by atoms with Gasteiger partial charge in [0.25, 0.3) is 0 Å². The number of rotatable bonds is 2. The van der Waals surface area contributed by atoms with E-state index in [9.17, 15) is 4.57 Å². The van der Waals surface area contributed by atoms with Crippen LogP contribution in [0.25, 0.3) is 5.69 Å². The number of hydrogen-bond donors (Lipinski definition) is 2. The molecular weight excluding hydrogens is 217 g/mol. The predicted molar refractivity (Wildman–Crippen MR) is 53.0 cm³/mol. The van der Waals surface area contributed by atoms with Crippen molar-refractivity contribution in [1.29, 1.82) is 0 Å². The van der Waals surface area contributed by atoms with E-state index in [1.807, 2.05) is 0 Å². The highest BCUT2D eigenvalue weighted by Gasteiger charge is 2.16. The lowest BCUT2D eigenvalue weighted by Crippen LogP contribution is -2.03. The number of benzene rings is 1.